The summed E-state index contributed by atoms with van der Waals surface area (Å²) in [5, 5.41) is 0. The number of ether oxygens (including phenoxy) is 1. The maximum Gasteiger partial charge on any atom is 0.340 e. The Hall–Kier alpha value is -2.73. The molecule has 6 heteroatoms. The highest BCUT2D eigenvalue weighted by atomic mass is 79.9. The summed E-state index contributed by atoms with van der Waals surface area (Å²) in [7, 11) is 1.25. The van der Waals surface area contributed by atoms with E-state index >= 15 is 0 Å². The van der Waals surface area contributed by atoms with Crippen LogP contribution in [0.25, 0.3) is 6.08 Å². The number of amides is 1. The van der Waals surface area contributed by atoms with Crippen molar-refractivity contribution in [2.75, 3.05) is 12.0 Å². The van der Waals surface area contributed by atoms with Gasteiger partial charge in [-0.05, 0) is 37.3 Å². The molecule has 0 bridgehead atoms. The molecule has 132 valence electrons. The Morgan fingerprint density at radius 1 is 1.19 bits per heavy atom. The Morgan fingerprint density at radius 3 is 2.58 bits per heavy atom. The number of carbonyl (C=O) groups excluding carboxylic acids is 2. The molecule has 1 amide bonds. The van der Waals surface area contributed by atoms with Crippen LogP contribution in [0.5, 0.6) is 0 Å². The zero-order chi connectivity index (χ0) is 18.8. The van der Waals surface area contributed by atoms with Gasteiger partial charge < -0.3 is 4.74 Å². The Morgan fingerprint density at radius 2 is 1.92 bits per heavy atom. The number of carbonyl (C=O) groups is 2. The van der Waals surface area contributed by atoms with E-state index in [0.29, 0.717) is 11.4 Å². The zero-order valence-electron chi connectivity index (χ0n) is 14.1. The van der Waals surface area contributed by atoms with Gasteiger partial charge in [0.15, 0.2) is 0 Å². The third kappa shape index (κ3) is 3.20. The lowest BCUT2D eigenvalue weighted by Crippen LogP contribution is -2.24. The zero-order valence-corrected chi connectivity index (χ0v) is 15.7. The van der Waals surface area contributed by atoms with Gasteiger partial charge in [0.2, 0.25) is 0 Å². The van der Waals surface area contributed by atoms with Gasteiger partial charge in [-0.25, -0.2) is 9.18 Å². The summed E-state index contributed by atoms with van der Waals surface area (Å²) >= 11 is 3.38. The van der Waals surface area contributed by atoms with E-state index in [2.05, 4.69) is 15.9 Å². The van der Waals surface area contributed by atoms with Gasteiger partial charge in [-0.2, -0.15) is 0 Å². The first-order chi connectivity index (χ1) is 12.4. The molecule has 0 radical (unpaired) electrons. The number of rotatable bonds is 3. The fourth-order valence-electron chi connectivity index (χ4n) is 2.85. The lowest BCUT2D eigenvalue weighted by Gasteiger charge is -2.18. The van der Waals surface area contributed by atoms with Gasteiger partial charge in [0.05, 0.1) is 23.9 Å². The molecular weight excluding hydrogens is 401 g/mol. The molecule has 2 aromatic carbocycles. The average Bonchev–Trinajstić information content (AvgIpc) is 2.86. The molecule has 0 aliphatic carbocycles. The van der Waals surface area contributed by atoms with Crippen LogP contribution in [0.3, 0.4) is 0 Å². The first-order valence-electron chi connectivity index (χ1n) is 7.80. The quantitative estimate of drug-likeness (QED) is 0.548. The monoisotopic (exact) mass is 415 g/mol. The van der Waals surface area contributed by atoms with E-state index in [0.717, 1.165) is 4.47 Å². The number of hydrogen-bond acceptors (Lipinski definition) is 3. The summed E-state index contributed by atoms with van der Waals surface area (Å²) in [5.41, 5.74) is 1.48. The predicted octanol–water partition coefficient (Wildman–Crippen LogP) is 4.47. The molecule has 0 aromatic heterocycles. The van der Waals surface area contributed by atoms with E-state index in [9.17, 15) is 14.0 Å². The van der Waals surface area contributed by atoms with Crippen molar-refractivity contribution in [1.82, 2.24) is 0 Å². The summed E-state index contributed by atoms with van der Waals surface area (Å²) in [6, 6.07) is 13.2. The van der Waals surface area contributed by atoms with Crippen LogP contribution in [0.4, 0.5) is 10.1 Å². The molecule has 4 nitrogen and oxygen atoms in total. The number of hydrogen-bond donors (Lipinski definition) is 0. The minimum atomic E-state index is -0.643. The minimum absolute atomic E-state index is 0.0967. The predicted molar refractivity (Wildman–Crippen MR) is 101 cm³/mol. The van der Waals surface area contributed by atoms with Crippen LogP contribution < -0.4 is 4.90 Å². The van der Waals surface area contributed by atoms with E-state index < -0.39 is 17.7 Å². The second-order valence-corrected chi connectivity index (χ2v) is 6.57. The van der Waals surface area contributed by atoms with Gasteiger partial charge in [0, 0.05) is 15.7 Å². The van der Waals surface area contributed by atoms with Crippen molar-refractivity contribution < 1.29 is 18.7 Å². The smallest absolute Gasteiger partial charge is 0.340 e. The number of anilines is 1. The number of nitrogens with zero attached hydrogens (tertiary/aromatic N) is 1. The lowest BCUT2D eigenvalue weighted by atomic mass is 10.0. The highest BCUT2D eigenvalue weighted by Crippen LogP contribution is 2.36. The third-order valence-electron chi connectivity index (χ3n) is 4.06. The van der Waals surface area contributed by atoms with Gasteiger partial charge >= 0.3 is 5.97 Å². The SMILES string of the molecule is COC(=O)C1=C(C)N(c2cccc(Br)c2)C(=O)/C1=C\c1ccccc1F. The van der Waals surface area contributed by atoms with Crippen LogP contribution in [0.1, 0.15) is 12.5 Å². The molecule has 1 aliphatic heterocycles. The Kier molecular flexibility index (Phi) is 5.04. The maximum absolute atomic E-state index is 14.0. The van der Waals surface area contributed by atoms with Gasteiger partial charge in [0.1, 0.15) is 5.82 Å². The van der Waals surface area contributed by atoms with E-state index in [4.69, 9.17) is 4.74 Å². The summed E-state index contributed by atoms with van der Waals surface area (Å²) in [4.78, 5) is 26.8. The van der Waals surface area contributed by atoms with Gasteiger partial charge in [-0.1, -0.05) is 40.2 Å². The van der Waals surface area contributed by atoms with Crippen LogP contribution in [0, 0.1) is 5.82 Å². The summed E-state index contributed by atoms with van der Waals surface area (Å²) < 4.78 is 19.7. The van der Waals surface area contributed by atoms with Crippen molar-refractivity contribution in [3.8, 4) is 0 Å². The standard InChI is InChI=1S/C20H15BrFNO3/c1-12-18(20(25)26-2)16(10-13-6-3-4-9-17(13)22)19(24)23(12)15-8-5-7-14(21)11-15/h3-11H,1-2H3/b16-10-. The van der Waals surface area contributed by atoms with E-state index in [1.807, 2.05) is 6.07 Å². The molecule has 0 fully saturated rings. The molecule has 1 heterocycles. The van der Waals surface area contributed by atoms with Crippen molar-refractivity contribution in [2.24, 2.45) is 0 Å². The largest absolute Gasteiger partial charge is 0.465 e. The van der Waals surface area contributed by atoms with E-state index in [1.165, 1.54) is 24.2 Å². The van der Waals surface area contributed by atoms with Crippen molar-refractivity contribution in [3.05, 3.63) is 81.2 Å². The van der Waals surface area contributed by atoms with Crippen molar-refractivity contribution in [2.45, 2.75) is 6.92 Å². The molecule has 0 unspecified atom stereocenters. The Bertz CT molecular complexity index is 965. The molecular formula is C20H15BrFNO3. The van der Waals surface area contributed by atoms with E-state index in [1.54, 1.807) is 43.3 Å². The van der Waals surface area contributed by atoms with Crippen LogP contribution in [0.15, 0.2) is 69.8 Å². The van der Waals surface area contributed by atoms with Crippen LogP contribution in [-0.2, 0) is 14.3 Å². The first kappa shape index (κ1) is 18.1. The average molecular weight is 416 g/mol. The molecule has 1 aliphatic rings. The molecule has 0 N–H and O–H groups in total. The third-order valence-corrected chi connectivity index (χ3v) is 4.55. The summed E-state index contributed by atoms with van der Waals surface area (Å²) in [5.74, 6) is -1.53. The molecule has 2 aromatic rings. The summed E-state index contributed by atoms with van der Waals surface area (Å²) in [6.07, 6.45) is 1.38. The van der Waals surface area contributed by atoms with Gasteiger partial charge in [0.25, 0.3) is 5.91 Å². The molecule has 0 saturated carbocycles. The number of halogens is 2. The molecule has 3 rings (SSSR count). The van der Waals surface area contributed by atoms with Crippen LogP contribution in [-0.4, -0.2) is 19.0 Å². The Labute approximate surface area is 158 Å². The van der Waals surface area contributed by atoms with Crippen LogP contribution in [0.2, 0.25) is 0 Å². The number of allylic oxidation sites excluding steroid dienone is 1. The normalized spacial score (nSPS) is 15.8. The maximum atomic E-state index is 14.0. The Balaban J connectivity index is 2.17. The molecule has 0 spiro atoms. The lowest BCUT2D eigenvalue weighted by molar-refractivity contribution is -0.136. The number of methoxy groups -OCH3 is 1. The highest BCUT2D eigenvalue weighted by Gasteiger charge is 2.38. The van der Waals surface area contributed by atoms with Crippen molar-refractivity contribution >= 4 is 39.6 Å². The summed E-state index contributed by atoms with van der Waals surface area (Å²) in [6.45, 7) is 1.66. The second kappa shape index (κ2) is 7.25. The van der Waals surface area contributed by atoms with Gasteiger partial charge in [-0.3, -0.25) is 9.69 Å². The number of benzene rings is 2. The fraction of sp³-hybridized carbons (Fsp3) is 0.100. The highest BCUT2D eigenvalue weighted by molar-refractivity contribution is 9.10. The minimum Gasteiger partial charge on any atom is -0.465 e. The molecule has 26 heavy (non-hydrogen) atoms. The van der Waals surface area contributed by atoms with Crippen LogP contribution >= 0.6 is 15.9 Å². The second-order valence-electron chi connectivity index (χ2n) is 5.65. The number of esters is 1. The topological polar surface area (TPSA) is 46.6 Å². The van der Waals surface area contributed by atoms with Gasteiger partial charge in [-0.15, -0.1) is 0 Å². The molecule has 0 atom stereocenters. The van der Waals surface area contributed by atoms with Crippen molar-refractivity contribution in [3.63, 3.8) is 0 Å². The first-order valence-corrected chi connectivity index (χ1v) is 8.59. The fourth-order valence-corrected chi connectivity index (χ4v) is 3.24. The van der Waals surface area contributed by atoms with Crippen molar-refractivity contribution in [1.29, 1.82) is 0 Å². The molecule has 0 saturated heterocycles. The van der Waals surface area contributed by atoms with E-state index in [-0.39, 0.29) is 16.7 Å².